The zero-order chi connectivity index (χ0) is 17.0. The molecule has 1 fully saturated rings. The molecule has 1 aliphatic carbocycles. The van der Waals surface area contributed by atoms with Gasteiger partial charge in [0, 0.05) is 6.26 Å². The summed E-state index contributed by atoms with van der Waals surface area (Å²) in [5.41, 5.74) is 1.02. The van der Waals surface area contributed by atoms with E-state index in [0.29, 0.717) is 12.2 Å². The number of ether oxygens (including phenoxy) is 2. The molecule has 128 valence electrons. The Bertz CT molecular complexity index is 672. The lowest BCUT2D eigenvalue weighted by Crippen LogP contribution is -2.21. The van der Waals surface area contributed by atoms with Crippen molar-refractivity contribution in [1.29, 1.82) is 0 Å². The van der Waals surface area contributed by atoms with Crippen molar-refractivity contribution in [3.05, 3.63) is 23.3 Å². The molecule has 1 aromatic carbocycles. The first-order valence-corrected chi connectivity index (χ1v) is 9.88. The first kappa shape index (κ1) is 17.8. The van der Waals surface area contributed by atoms with Crippen LogP contribution >= 0.6 is 0 Å². The number of hydrogen-bond acceptors (Lipinski definition) is 5. The second-order valence-corrected chi connectivity index (χ2v) is 7.94. The van der Waals surface area contributed by atoms with Gasteiger partial charge in [0.1, 0.15) is 10.6 Å². The van der Waals surface area contributed by atoms with Gasteiger partial charge < -0.3 is 9.47 Å². The summed E-state index contributed by atoms with van der Waals surface area (Å²) < 4.78 is 35.0. The van der Waals surface area contributed by atoms with Crippen LogP contribution in [0.5, 0.6) is 5.75 Å². The number of benzene rings is 1. The zero-order valence-corrected chi connectivity index (χ0v) is 14.7. The average molecular weight is 340 g/mol. The van der Waals surface area contributed by atoms with Crippen LogP contribution in [0.1, 0.15) is 54.9 Å². The van der Waals surface area contributed by atoms with Gasteiger partial charge in [-0.2, -0.15) is 0 Å². The van der Waals surface area contributed by atoms with E-state index in [1.807, 2.05) is 6.92 Å². The van der Waals surface area contributed by atoms with Crippen molar-refractivity contribution in [2.24, 2.45) is 0 Å². The van der Waals surface area contributed by atoms with E-state index in [1.54, 1.807) is 6.07 Å². The molecule has 0 spiro atoms. The first-order chi connectivity index (χ1) is 10.9. The van der Waals surface area contributed by atoms with Gasteiger partial charge >= 0.3 is 5.97 Å². The lowest BCUT2D eigenvalue weighted by Gasteiger charge is -2.24. The molecule has 0 aliphatic heterocycles. The topological polar surface area (TPSA) is 69.7 Å². The van der Waals surface area contributed by atoms with Crippen molar-refractivity contribution < 1.29 is 22.7 Å². The summed E-state index contributed by atoms with van der Waals surface area (Å²) in [6.07, 6.45) is 7.02. The highest BCUT2D eigenvalue weighted by molar-refractivity contribution is 7.90. The Morgan fingerprint density at radius 3 is 2.39 bits per heavy atom. The summed E-state index contributed by atoms with van der Waals surface area (Å²) in [5, 5.41) is 0. The summed E-state index contributed by atoms with van der Waals surface area (Å²) in [6.45, 7) is 1.91. The Hall–Kier alpha value is -1.56. The van der Waals surface area contributed by atoms with Crippen molar-refractivity contribution in [3.63, 3.8) is 0 Å². The average Bonchev–Trinajstić information content (AvgIpc) is 2.53. The highest BCUT2D eigenvalue weighted by atomic mass is 32.2. The van der Waals surface area contributed by atoms with E-state index in [1.165, 1.54) is 19.6 Å². The van der Waals surface area contributed by atoms with Gasteiger partial charge in [-0.25, -0.2) is 13.2 Å². The smallest absolute Gasteiger partial charge is 0.338 e. The third-order valence-electron chi connectivity index (χ3n) is 4.20. The minimum atomic E-state index is -3.51. The second kappa shape index (κ2) is 7.34. The largest absolute Gasteiger partial charge is 0.489 e. The molecule has 0 amide bonds. The molecule has 0 bridgehead atoms. The van der Waals surface area contributed by atoms with Gasteiger partial charge in [-0.15, -0.1) is 0 Å². The molecule has 2 rings (SSSR count). The maximum absolute atomic E-state index is 12.1. The molecule has 0 heterocycles. The van der Waals surface area contributed by atoms with Crippen LogP contribution < -0.4 is 4.74 Å². The first-order valence-electron chi connectivity index (χ1n) is 7.98. The molecular weight excluding hydrogens is 316 g/mol. The number of methoxy groups -OCH3 is 1. The molecule has 5 nitrogen and oxygen atoms in total. The Balaban J connectivity index is 2.48. The zero-order valence-electron chi connectivity index (χ0n) is 13.9. The summed E-state index contributed by atoms with van der Waals surface area (Å²) in [6, 6.07) is 3.06. The fraction of sp³-hybridized carbons (Fsp3) is 0.588. The van der Waals surface area contributed by atoms with E-state index >= 15 is 0 Å². The number of rotatable bonds is 5. The normalized spacial score (nSPS) is 16.1. The highest BCUT2D eigenvalue weighted by Crippen LogP contribution is 2.32. The molecular formula is C17H24O5S. The van der Waals surface area contributed by atoms with Crippen LogP contribution in [-0.2, 0) is 21.0 Å². The van der Waals surface area contributed by atoms with Gasteiger partial charge in [0.15, 0.2) is 9.84 Å². The maximum atomic E-state index is 12.1. The molecule has 0 saturated heterocycles. The van der Waals surface area contributed by atoms with Crippen LogP contribution in [0.3, 0.4) is 0 Å². The van der Waals surface area contributed by atoms with Crippen molar-refractivity contribution in [3.8, 4) is 5.75 Å². The third-order valence-corrected chi connectivity index (χ3v) is 5.32. The molecule has 1 saturated carbocycles. The summed E-state index contributed by atoms with van der Waals surface area (Å²) in [4.78, 5) is 12.0. The number of sulfone groups is 1. The third kappa shape index (κ3) is 4.25. The number of aryl methyl sites for hydroxylation is 1. The van der Waals surface area contributed by atoms with Crippen LogP contribution in [0.2, 0.25) is 0 Å². The highest BCUT2D eigenvalue weighted by Gasteiger charge is 2.24. The van der Waals surface area contributed by atoms with Gasteiger partial charge in [0.2, 0.25) is 0 Å². The van der Waals surface area contributed by atoms with Gasteiger partial charge in [-0.1, -0.05) is 13.3 Å². The molecule has 0 atom stereocenters. The van der Waals surface area contributed by atoms with Crippen molar-refractivity contribution in [2.45, 2.75) is 56.4 Å². The molecule has 0 radical (unpaired) electrons. The Kier molecular flexibility index (Phi) is 5.68. The summed E-state index contributed by atoms with van der Waals surface area (Å²) in [7, 11) is -2.22. The van der Waals surface area contributed by atoms with E-state index in [4.69, 9.17) is 9.47 Å². The number of hydrogen-bond donors (Lipinski definition) is 0. The van der Waals surface area contributed by atoms with E-state index in [9.17, 15) is 13.2 Å². The molecule has 23 heavy (non-hydrogen) atoms. The Morgan fingerprint density at radius 2 is 1.87 bits per heavy atom. The van der Waals surface area contributed by atoms with Gasteiger partial charge in [-0.3, -0.25) is 0 Å². The summed E-state index contributed by atoms with van der Waals surface area (Å²) >= 11 is 0. The van der Waals surface area contributed by atoms with Crippen LogP contribution in [0, 0.1) is 0 Å². The van der Waals surface area contributed by atoms with E-state index in [0.717, 1.165) is 37.5 Å². The minimum absolute atomic E-state index is 0.0398. The van der Waals surface area contributed by atoms with Crippen molar-refractivity contribution in [1.82, 2.24) is 0 Å². The van der Waals surface area contributed by atoms with Crippen LogP contribution in [-0.4, -0.2) is 33.9 Å². The molecule has 1 aliphatic rings. The van der Waals surface area contributed by atoms with Gasteiger partial charge in [0.05, 0.1) is 18.8 Å². The molecule has 6 heteroatoms. The van der Waals surface area contributed by atoms with Crippen LogP contribution in [0.4, 0.5) is 0 Å². The van der Waals surface area contributed by atoms with E-state index in [2.05, 4.69) is 0 Å². The van der Waals surface area contributed by atoms with E-state index in [-0.39, 0.29) is 16.6 Å². The standard InChI is InChI=1S/C17H24O5S/c1-4-12-10-15(22-13-8-6-5-7-9-13)16(23(3,19)20)11-14(12)17(18)21-2/h10-11,13H,4-9H2,1-3H3. The number of carbonyl (C=O) groups excluding carboxylic acids is 1. The lowest BCUT2D eigenvalue weighted by molar-refractivity contribution is 0.0599. The van der Waals surface area contributed by atoms with Crippen LogP contribution in [0.15, 0.2) is 17.0 Å². The summed E-state index contributed by atoms with van der Waals surface area (Å²) in [5.74, 6) is -0.181. The van der Waals surface area contributed by atoms with E-state index < -0.39 is 15.8 Å². The minimum Gasteiger partial charge on any atom is -0.489 e. The van der Waals surface area contributed by atoms with Crippen molar-refractivity contribution in [2.75, 3.05) is 13.4 Å². The molecule has 0 N–H and O–H groups in total. The predicted octanol–water partition coefficient (Wildman–Crippen LogP) is 3.15. The fourth-order valence-corrected chi connectivity index (χ4v) is 3.74. The SMILES string of the molecule is CCc1cc(OC2CCCCC2)c(S(C)(=O)=O)cc1C(=O)OC. The predicted molar refractivity (Wildman–Crippen MR) is 87.8 cm³/mol. The Labute approximate surface area is 137 Å². The van der Waals surface area contributed by atoms with Crippen LogP contribution in [0.25, 0.3) is 0 Å². The monoisotopic (exact) mass is 340 g/mol. The molecule has 1 aromatic rings. The maximum Gasteiger partial charge on any atom is 0.338 e. The number of carbonyl (C=O) groups is 1. The second-order valence-electron chi connectivity index (χ2n) is 5.95. The Morgan fingerprint density at radius 1 is 1.22 bits per heavy atom. The lowest BCUT2D eigenvalue weighted by atomic mass is 9.97. The fourth-order valence-electron chi connectivity index (χ4n) is 2.94. The van der Waals surface area contributed by atoms with Gasteiger partial charge in [0.25, 0.3) is 0 Å². The van der Waals surface area contributed by atoms with Crippen molar-refractivity contribution >= 4 is 15.8 Å². The number of esters is 1. The molecule has 0 aromatic heterocycles. The quantitative estimate of drug-likeness (QED) is 0.770. The molecule has 0 unspecified atom stereocenters. The van der Waals surface area contributed by atoms with Gasteiger partial charge in [-0.05, 0) is 49.8 Å².